The number of hydrogen-bond acceptors (Lipinski definition) is 2. The highest BCUT2D eigenvalue weighted by Gasteiger charge is 2.09. The summed E-state index contributed by atoms with van der Waals surface area (Å²) < 4.78 is 13.7. The van der Waals surface area contributed by atoms with E-state index >= 15 is 0 Å². The van der Waals surface area contributed by atoms with Crippen molar-refractivity contribution in [2.45, 2.75) is 34.1 Å². The van der Waals surface area contributed by atoms with E-state index in [9.17, 15) is 4.39 Å². The van der Waals surface area contributed by atoms with Crippen LogP contribution in [0, 0.1) is 18.7 Å². The van der Waals surface area contributed by atoms with Crippen LogP contribution in [-0.2, 0) is 6.42 Å². The molecule has 0 bridgehead atoms. The normalized spacial score (nSPS) is 11.3. The molecule has 2 aromatic rings. The Bertz CT molecular complexity index is 591. The minimum absolute atomic E-state index is 0.191. The maximum atomic E-state index is 13.7. The summed E-state index contributed by atoms with van der Waals surface area (Å²) in [5.74, 6) is 0.346. The number of aromatic nitrogens is 1. The van der Waals surface area contributed by atoms with E-state index in [1.165, 1.54) is 6.07 Å². The van der Waals surface area contributed by atoms with E-state index < -0.39 is 0 Å². The van der Waals surface area contributed by atoms with Gasteiger partial charge >= 0.3 is 0 Å². The molecule has 1 heterocycles. The summed E-state index contributed by atoms with van der Waals surface area (Å²) in [5.41, 5.74) is 3.45. The second kappa shape index (κ2) is 5.55. The Morgan fingerprint density at radius 2 is 2.00 bits per heavy atom. The molecule has 0 fully saturated rings. The molecule has 0 aliphatic rings. The minimum Gasteiger partial charge on any atom is -0.385 e. The monoisotopic (exact) mass is 260 g/mol. The molecule has 102 valence electrons. The van der Waals surface area contributed by atoms with Crippen molar-refractivity contribution in [2.24, 2.45) is 5.92 Å². The van der Waals surface area contributed by atoms with Crippen molar-refractivity contribution in [1.82, 2.24) is 4.98 Å². The highest BCUT2D eigenvalue weighted by molar-refractivity contribution is 5.92. The first-order valence-corrected chi connectivity index (χ1v) is 6.85. The van der Waals surface area contributed by atoms with E-state index in [1.807, 2.05) is 6.07 Å². The Kier molecular flexibility index (Phi) is 4.03. The van der Waals surface area contributed by atoms with Crippen LogP contribution in [0.4, 0.5) is 10.1 Å². The van der Waals surface area contributed by atoms with Crippen molar-refractivity contribution in [3.63, 3.8) is 0 Å². The average Bonchev–Trinajstić information content (AvgIpc) is 2.31. The van der Waals surface area contributed by atoms with Crippen molar-refractivity contribution in [1.29, 1.82) is 0 Å². The molecule has 2 rings (SSSR count). The van der Waals surface area contributed by atoms with Gasteiger partial charge in [-0.15, -0.1) is 0 Å². The van der Waals surface area contributed by atoms with Crippen LogP contribution in [0.3, 0.4) is 0 Å². The fraction of sp³-hybridized carbons (Fsp3) is 0.438. The largest absolute Gasteiger partial charge is 0.385 e. The van der Waals surface area contributed by atoms with E-state index in [1.54, 1.807) is 6.92 Å². The predicted octanol–water partition coefficient (Wildman–Crippen LogP) is 4.31. The average molecular weight is 260 g/mol. The number of rotatable bonds is 4. The zero-order valence-electron chi connectivity index (χ0n) is 12.0. The van der Waals surface area contributed by atoms with Crippen molar-refractivity contribution >= 4 is 16.6 Å². The van der Waals surface area contributed by atoms with Gasteiger partial charge in [-0.3, -0.25) is 4.98 Å². The van der Waals surface area contributed by atoms with Gasteiger partial charge < -0.3 is 5.32 Å². The van der Waals surface area contributed by atoms with Crippen LogP contribution in [0.15, 0.2) is 18.2 Å². The fourth-order valence-electron chi connectivity index (χ4n) is 2.27. The van der Waals surface area contributed by atoms with E-state index in [0.29, 0.717) is 11.5 Å². The third-order valence-corrected chi connectivity index (χ3v) is 3.13. The highest BCUT2D eigenvalue weighted by Crippen LogP contribution is 2.26. The number of fused-ring (bicyclic) bond motifs is 1. The SMILES string of the molecule is CCNc1cc(CC(C)C)nc2cc(F)c(C)cc12. The number of halogens is 1. The maximum Gasteiger partial charge on any atom is 0.128 e. The molecule has 19 heavy (non-hydrogen) atoms. The Labute approximate surface area is 114 Å². The Morgan fingerprint density at radius 3 is 2.63 bits per heavy atom. The van der Waals surface area contributed by atoms with E-state index in [-0.39, 0.29) is 5.82 Å². The highest BCUT2D eigenvalue weighted by atomic mass is 19.1. The van der Waals surface area contributed by atoms with E-state index in [0.717, 1.165) is 35.2 Å². The van der Waals surface area contributed by atoms with Gasteiger partial charge in [0.05, 0.1) is 5.52 Å². The smallest absolute Gasteiger partial charge is 0.128 e. The van der Waals surface area contributed by atoms with Gasteiger partial charge in [-0.2, -0.15) is 0 Å². The molecule has 0 saturated heterocycles. The lowest BCUT2D eigenvalue weighted by Crippen LogP contribution is -2.03. The number of nitrogens with zero attached hydrogens (tertiary/aromatic N) is 1. The molecule has 3 heteroatoms. The van der Waals surface area contributed by atoms with Crippen LogP contribution in [0.5, 0.6) is 0 Å². The van der Waals surface area contributed by atoms with Crippen LogP contribution >= 0.6 is 0 Å². The molecule has 0 amide bonds. The van der Waals surface area contributed by atoms with Crippen molar-refractivity contribution in [2.75, 3.05) is 11.9 Å². The second-order valence-electron chi connectivity index (χ2n) is 5.41. The van der Waals surface area contributed by atoms with Crippen LogP contribution in [0.25, 0.3) is 10.9 Å². The minimum atomic E-state index is -0.191. The standard InChI is InChI=1S/C16H21FN2/c1-5-18-15-8-12(6-10(2)3)19-16-9-14(17)11(4)7-13(15)16/h7-10H,5-6H2,1-4H3,(H,18,19). The number of nitrogens with one attached hydrogen (secondary N) is 1. The molecule has 1 aromatic carbocycles. The summed E-state index contributed by atoms with van der Waals surface area (Å²) in [6, 6.07) is 5.49. The lowest BCUT2D eigenvalue weighted by atomic mass is 10.0. The van der Waals surface area contributed by atoms with Gasteiger partial charge in [-0.05, 0) is 43.9 Å². The molecule has 0 aliphatic heterocycles. The summed E-state index contributed by atoms with van der Waals surface area (Å²) in [5, 5.41) is 4.34. The van der Waals surface area contributed by atoms with Gasteiger partial charge in [0.15, 0.2) is 0 Å². The predicted molar refractivity (Wildman–Crippen MR) is 79.1 cm³/mol. The van der Waals surface area contributed by atoms with Gasteiger partial charge in [0, 0.05) is 29.4 Å². The number of benzene rings is 1. The van der Waals surface area contributed by atoms with Gasteiger partial charge in [0.25, 0.3) is 0 Å². The van der Waals surface area contributed by atoms with E-state index in [4.69, 9.17) is 0 Å². The molecule has 0 saturated carbocycles. The lowest BCUT2D eigenvalue weighted by molar-refractivity contribution is 0.619. The molecular weight excluding hydrogens is 239 g/mol. The molecule has 0 unspecified atom stereocenters. The topological polar surface area (TPSA) is 24.9 Å². The third-order valence-electron chi connectivity index (χ3n) is 3.13. The van der Waals surface area contributed by atoms with Gasteiger partial charge in [0.1, 0.15) is 5.82 Å². The van der Waals surface area contributed by atoms with Gasteiger partial charge in [0.2, 0.25) is 0 Å². The Morgan fingerprint density at radius 1 is 1.26 bits per heavy atom. The maximum absolute atomic E-state index is 13.7. The first-order chi connectivity index (χ1) is 9.01. The summed E-state index contributed by atoms with van der Waals surface area (Å²) in [6.45, 7) is 9.01. The van der Waals surface area contributed by atoms with Gasteiger partial charge in [-0.1, -0.05) is 13.8 Å². The molecule has 0 atom stereocenters. The molecule has 2 nitrogen and oxygen atoms in total. The zero-order valence-corrected chi connectivity index (χ0v) is 12.0. The molecule has 1 N–H and O–H groups in total. The second-order valence-corrected chi connectivity index (χ2v) is 5.41. The number of hydrogen-bond donors (Lipinski definition) is 1. The molecule has 0 radical (unpaired) electrons. The Balaban J connectivity index is 2.61. The summed E-state index contributed by atoms with van der Waals surface area (Å²) >= 11 is 0. The molecular formula is C16H21FN2. The van der Waals surface area contributed by atoms with Crippen LogP contribution in [-0.4, -0.2) is 11.5 Å². The van der Waals surface area contributed by atoms with Crippen molar-refractivity contribution in [3.8, 4) is 0 Å². The van der Waals surface area contributed by atoms with Crippen LogP contribution in [0.2, 0.25) is 0 Å². The van der Waals surface area contributed by atoms with E-state index in [2.05, 4.69) is 37.1 Å². The summed E-state index contributed by atoms with van der Waals surface area (Å²) in [6.07, 6.45) is 0.907. The van der Waals surface area contributed by atoms with Crippen LogP contribution < -0.4 is 5.32 Å². The summed E-state index contributed by atoms with van der Waals surface area (Å²) in [7, 11) is 0. The number of anilines is 1. The third kappa shape index (κ3) is 3.03. The van der Waals surface area contributed by atoms with Crippen LogP contribution in [0.1, 0.15) is 32.0 Å². The molecule has 1 aromatic heterocycles. The fourth-order valence-corrected chi connectivity index (χ4v) is 2.27. The Hall–Kier alpha value is -1.64. The first kappa shape index (κ1) is 13.8. The van der Waals surface area contributed by atoms with Crippen molar-refractivity contribution in [3.05, 3.63) is 35.3 Å². The molecule has 0 aliphatic carbocycles. The molecule has 0 spiro atoms. The van der Waals surface area contributed by atoms with Gasteiger partial charge in [-0.25, -0.2) is 4.39 Å². The van der Waals surface area contributed by atoms with Crippen molar-refractivity contribution < 1.29 is 4.39 Å². The summed E-state index contributed by atoms with van der Waals surface area (Å²) in [4.78, 5) is 4.58. The lowest BCUT2D eigenvalue weighted by Gasteiger charge is -2.13. The quantitative estimate of drug-likeness (QED) is 0.886. The zero-order chi connectivity index (χ0) is 14.0. The first-order valence-electron chi connectivity index (χ1n) is 6.85. The number of pyridine rings is 1. The number of aryl methyl sites for hydroxylation is 1.